The van der Waals surface area contributed by atoms with Crippen LogP contribution in [-0.4, -0.2) is 24.8 Å². The van der Waals surface area contributed by atoms with E-state index in [4.69, 9.17) is 14.2 Å². The lowest BCUT2D eigenvalue weighted by Gasteiger charge is -2.46. The van der Waals surface area contributed by atoms with Gasteiger partial charge in [0, 0.05) is 6.61 Å². The number of hydrogen-bond donors (Lipinski definition) is 0. The van der Waals surface area contributed by atoms with Crippen molar-refractivity contribution in [1.82, 2.24) is 0 Å². The Bertz CT molecular complexity index is 816. The predicted molar refractivity (Wildman–Crippen MR) is 119 cm³/mol. The topological polar surface area (TPSA) is 44.8 Å². The number of carbonyl (C=O) groups excluding carboxylic acids is 1. The van der Waals surface area contributed by atoms with Crippen LogP contribution in [0.1, 0.15) is 64.9 Å². The molecule has 3 rings (SSSR count). The SMILES string of the molecule is CC1(CCCOCC(=O)OC(C)(C)C)CC(c2cccc(Oc3ccccc3)c2)C1. The van der Waals surface area contributed by atoms with Crippen molar-refractivity contribution in [1.29, 1.82) is 0 Å². The molecule has 1 aliphatic rings. The minimum absolute atomic E-state index is 0.0326. The molecule has 0 amide bonds. The van der Waals surface area contributed by atoms with Crippen molar-refractivity contribution in [3.8, 4) is 11.5 Å². The monoisotopic (exact) mass is 410 g/mol. The van der Waals surface area contributed by atoms with Crippen LogP contribution in [0.25, 0.3) is 0 Å². The van der Waals surface area contributed by atoms with E-state index in [1.807, 2.05) is 57.2 Å². The summed E-state index contributed by atoms with van der Waals surface area (Å²) in [7, 11) is 0. The lowest BCUT2D eigenvalue weighted by atomic mass is 9.59. The molecule has 0 saturated heterocycles. The summed E-state index contributed by atoms with van der Waals surface area (Å²) < 4.78 is 16.7. The van der Waals surface area contributed by atoms with Crippen LogP contribution in [0, 0.1) is 5.41 Å². The zero-order chi connectivity index (χ0) is 21.6. The Hall–Kier alpha value is -2.33. The van der Waals surface area contributed by atoms with Gasteiger partial charge >= 0.3 is 5.97 Å². The quantitative estimate of drug-likeness (QED) is 0.349. The van der Waals surface area contributed by atoms with E-state index >= 15 is 0 Å². The van der Waals surface area contributed by atoms with Crippen LogP contribution in [0.5, 0.6) is 11.5 Å². The Morgan fingerprint density at radius 1 is 1.03 bits per heavy atom. The van der Waals surface area contributed by atoms with E-state index in [1.165, 1.54) is 18.4 Å². The molecule has 0 bridgehead atoms. The third-order valence-corrected chi connectivity index (χ3v) is 5.50. The highest BCUT2D eigenvalue weighted by Gasteiger charge is 2.40. The molecule has 1 fully saturated rings. The van der Waals surface area contributed by atoms with Gasteiger partial charge in [-0.1, -0.05) is 37.3 Å². The lowest BCUT2D eigenvalue weighted by molar-refractivity contribution is -0.160. The highest BCUT2D eigenvalue weighted by molar-refractivity contribution is 5.71. The first kappa shape index (κ1) is 22.4. The molecule has 0 unspecified atom stereocenters. The summed E-state index contributed by atoms with van der Waals surface area (Å²) >= 11 is 0. The summed E-state index contributed by atoms with van der Waals surface area (Å²) in [6, 6.07) is 18.3. The Kier molecular flexibility index (Phi) is 7.19. The maximum Gasteiger partial charge on any atom is 0.332 e. The predicted octanol–water partition coefficient (Wildman–Crippen LogP) is 6.50. The number of hydrogen-bond acceptors (Lipinski definition) is 4. The molecule has 0 atom stereocenters. The van der Waals surface area contributed by atoms with E-state index in [9.17, 15) is 4.79 Å². The molecule has 162 valence electrons. The Balaban J connectivity index is 1.38. The van der Waals surface area contributed by atoms with Gasteiger partial charge < -0.3 is 14.2 Å². The molecule has 4 nitrogen and oxygen atoms in total. The van der Waals surface area contributed by atoms with Crippen molar-refractivity contribution in [2.24, 2.45) is 5.41 Å². The van der Waals surface area contributed by atoms with Crippen LogP contribution in [-0.2, 0) is 14.3 Å². The van der Waals surface area contributed by atoms with Gasteiger partial charge in [0.15, 0.2) is 0 Å². The maximum atomic E-state index is 11.7. The molecule has 0 spiro atoms. The van der Waals surface area contributed by atoms with E-state index in [0.29, 0.717) is 17.9 Å². The second-order valence-corrected chi connectivity index (χ2v) is 9.65. The van der Waals surface area contributed by atoms with Gasteiger partial charge in [-0.2, -0.15) is 0 Å². The minimum atomic E-state index is -0.460. The molecule has 0 aliphatic heterocycles. The van der Waals surface area contributed by atoms with Gasteiger partial charge in [0.1, 0.15) is 23.7 Å². The van der Waals surface area contributed by atoms with Crippen molar-refractivity contribution in [3.63, 3.8) is 0 Å². The molecule has 2 aromatic rings. The molecule has 0 N–H and O–H groups in total. The summed E-state index contributed by atoms with van der Waals surface area (Å²) in [5, 5.41) is 0. The van der Waals surface area contributed by atoms with Crippen LogP contribution >= 0.6 is 0 Å². The maximum absolute atomic E-state index is 11.7. The number of esters is 1. The van der Waals surface area contributed by atoms with Crippen LogP contribution < -0.4 is 4.74 Å². The van der Waals surface area contributed by atoms with E-state index in [0.717, 1.165) is 24.3 Å². The Labute approximate surface area is 180 Å². The van der Waals surface area contributed by atoms with E-state index < -0.39 is 5.60 Å². The average Bonchev–Trinajstić information content (AvgIpc) is 2.65. The van der Waals surface area contributed by atoms with Crippen LogP contribution in [0.3, 0.4) is 0 Å². The van der Waals surface area contributed by atoms with Crippen molar-refractivity contribution in [2.45, 2.75) is 64.9 Å². The molecule has 1 aliphatic carbocycles. The van der Waals surface area contributed by atoms with Gasteiger partial charge in [0.25, 0.3) is 0 Å². The molecular formula is C26H34O4. The number of carbonyl (C=O) groups is 1. The average molecular weight is 411 g/mol. The largest absolute Gasteiger partial charge is 0.458 e. The normalized spacial score (nSPS) is 21.0. The summed E-state index contributed by atoms with van der Waals surface area (Å²) in [5.41, 5.74) is 1.23. The van der Waals surface area contributed by atoms with E-state index in [1.54, 1.807) is 0 Å². The molecule has 1 saturated carbocycles. The summed E-state index contributed by atoms with van der Waals surface area (Å²) in [4.78, 5) is 11.7. The summed E-state index contributed by atoms with van der Waals surface area (Å²) in [5.74, 6) is 2.04. The summed E-state index contributed by atoms with van der Waals surface area (Å²) in [6.07, 6.45) is 4.42. The number of benzene rings is 2. The summed E-state index contributed by atoms with van der Waals surface area (Å²) in [6.45, 7) is 8.57. The van der Waals surface area contributed by atoms with E-state index in [-0.39, 0.29) is 12.6 Å². The van der Waals surface area contributed by atoms with Gasteiger partial charge in [-0.15, -0.1) is 0 Å². The fourth-order valence-corrected chi connectivity index (χ4v) is 4.15. The van der Waals surface area contributed by atoms with Crippen molar-refractivity contribution in [3.05, 3.63) is 60.2 Å². The first-order chi connectivity index (χ1) is 14.2. The fraction of sp³-hybridized carbons (Fsp3) is 0.500. The molecule has 4 heteroatoms. The zero-order valence-corrected chi connectivity index (χ0v) is 18.6. The highest BCUT2D eigenvalue weighted by atomic mass is 16.6. The van der Waals surface area contributed by atoms with Gasteiger partial charge in [-0.25, -0.2) is 4.79 Å². The van der Waals surface area contributed by atoms with Crippen LogP contribution in [0.15, 0.2) is 54.6 Å². The first-order valence-corrected chi connectivity index (χ1v) is 10.8. The Morgan fingerprint density at radius 3 is 2.43 bits per heavy atom. The number of para-hydroxylation sites is 1. The van der Waals surface area contributed by atoms with E-state index in [2.05, 4.69) is 25.1 Å². The highest BCUT2D eigenvalue weighted by Crippen LogP contribution is 2.53. The van der Waals surface area contributed by atoms with Crippen molar-refractivity contribution < 1.29 is 19.0 Å². The third kappa shape index (κ3) is 6.88. The molecule has 30 heavy (non-hydrogen) atoms. The standard InChI is InChI=1S/C26H34O4/c1-25(2,3)30-24(27)19-28-15-9-14-26(4)17-21(18-26)20-10-8-13-23(16-20)29-22-11-6-5-7-12-22/h5-8,10-13,16,21H,9,14-15,17-19H2,1-4H3. The fourth-order valence-electron chi connectivity index (χ4n) is 4.15. The number of rotatable bonds is 9. The van der Waals surface area contributed by atoms with Gasteiger partial charge in [0.2, 0.25) is 0 Å². The van der Waals surface area contributed by atoms with Gasteiger partial charge in [-0.3, -0.25) is 0 Å². The lowest BCUT2D eigenvalue weighted by Crippen LogP contribution is -2.33. The smallest absolute Gasteiger partial charge is 0.332 e. The van der Waals surface area contributed by atoms with Crippen LogP contribution in [0.2, 0.25) is 0 Å². The minimum Gasteiger partial charge on any atom is -0.458 e. The molecule has 0 radical (unpaired) electrons. The second-order valence-electron chi connectivity index (χ2n) is 9.65. The Morgan fingerprint density at radius 2 is 1.73 bits per heavy atom. The van der Waals surface area contributed by atoms with Crippen molar-refractivity contribution >= 4 is 5.97 Å². The second kappa shape index (κ2) is 9.65. The molecule has 2 aromatic carbocycles. The number of ether oxygens (including phenoxy) is 3. The zero-order valence-electron chi connectivity index (χ0n) is 18.6. The van der Waals surface area contributed by atoms with Crippen molar-refractivity contribution in [2.75, 3.05) is 13.2 Å². The van der Waals surface area contributed by atoms with Crippen LogP contribution in [0.4, 0.5) is 0 Å². The first-order valence-electron chi connectivity index (χ1n) is 10.8. The third-order valence-electron chi connectivity index (χ3n) is 5.50. The molecule has 0 heterocycles. The molecule has 0 aromatic heterocycles. The van der Waals surface area contributed by atoms with Gasteiger partial charge in [-0.05, 0) is 87.6 Å². The molecular weight excluding hydrogens is 376 g/mol. The van der Waals surface area contributed by atoms with Gasteiger partial charge in [0.05, 0.1) is 0 Å².